The van der Waals surface area contributed by atoms with Crippen LogP contribution in [-0.2, 0) is 0 Å². The van der Waals surface area contributed by atoms with Gasteiger partial charge in [-0.2, -0.15) is 5.10 Å². The van der Waals surface area contributed by atoms with E-state index in [1.165, 1.54) is 6.07 Å². The second-order valence-electron chi connectivity index (χ2n) is 6.94. The number of nitrogens with one attached hydrogen (secondary N) is 1. The zero-order valence-electron chi connectivity index (χ0n) is 13.6. The molecular formula is C15H19N7O2S. The van der Waals surface area contributed by atoms with Crippen LogP contribution in [0.4, 0.5) is 5.69 Å². The van der Waals surface area contributed by atoms with Crippen LogP contribution in [0.5, 0.6) is 0 Å². The molecule has 132 valence electrons. The number of non-ortho nitro benzene ring substituents is 1. The smallest absolute Gasteiger partial charge is 0.270 e. The zero-order chi connectivity index (χ0) is 17.6. The highest BCUT2D eigenvalue weighted by molar-refractivity contribution is 7.80. The molecule has 4 aliphatic heterocycles. The Bertz CT molecular complexity index is 731. The summed E-state index contributed by atoms with van der Waals surface area (Å²) in [6.07, 6.45) is 0. The third-order valence-corrected chi connectivity index (χ3v) is 4.98. The van der Waals surface area contributed by atoms with Crippen LogP contribution in [0.2, 0.25) is 0 Å². The molecule has 0 aromatic heterocycles. The Kier molecular flexibility index (Phi) is 3.91. The maximum atomic E-state index is 11.2. The van der Waals surface area contributed by atoms with Crippen molar-refractivity contribution >= 4 is 28.7 Å². The van der Waals surface area contributed by atoms with E-state index in [9.17, 15) is 10.1 Å². The standard InChI is InChI=1S/C15H19N7O2S/c16-14(25)18-17-13(11-2-1-3-12(4-11)22(23)24)15-5-19-8-20(6-15)10-21(7-15)9-19/h1-4H,5-10H2,(H3,16,18,25). The summed E-state index contributed by atoms with van der Waals surface area (Å²) in [5, 5.41) is 15.7. The van der Waals surface area contributed by atoms with E-state index >= 15 is 0 Å². The molecule has 0 atom stereocenters. The minimum atomic E-state index is -0.391. The summed E-state index contributed by atoms with van der Waals surface area (Å²) >= 11 is 4.89. The summed E-state index contributed by atoms with van der Waals surface area (Å²) in [4.78, 5) is 17.9. The van der Waals surface area contributed by atoms with Crippen LogP contribution >= 0.6 is 12.2 Å². The van der Waals surface area contributed by atoms with Crippen molar-refractivity contribution in [3.63, 3.8) is 0 Å². The number of nitro groups is 1. The van der Waals surface area contributed by atoms with Gasteiger partial charge in [-0.1, -0.05) is 12.1 Å². The lowest BCUT2D eigenvalue weighted by molar-refractivity contribution is -0.384. The molecule has 4 heterocycles. The van der Waals surface area contributed by atoms with Crippen LogP contribution in [0.3, 0.4) is 0 Å². The van der Waals surface area contributed by atoms with Crippen LogP contribution in [-0.4, -0.2) is 70.1 Å². The first-order valence-electron chi connectivity index (χ1n) is 8.01. The van der Waals surface area contributed by atoms with E-state index in [1.54, 1.807) is 12.1 Å². The first-order chi connectivity index (χ1) is 11.9. The molecule has 4 saturated heterocycles. The monoisotopic (exact) mass is 361 g/mol. The van der Waals surface area contributed by atoms with Gasteiger partial charge in [0.2, 0.25) is 0 Å². The summed E-state index contributed by atoms with van der Waals surface area (Å²) in [5.74, 6) is 0. The highest BCUT2D eigenvalue weighted by Gasteiger charge is 2.52. The topological polar surface area (TPSA) is 103 Å². The molecular weight excluding hydrogens is 342 g/mol. The molecule has 10 heteroatoms. The average molecular weight is 361 g/mol. The van der Waals surface area contributed by atoms with E-state index in [1.807, 2.05) is 6.07 Å². The Morgan fingerprint density at radius 1 is 1.24 bits per heavy atom. The summed E-state index contributed by atoms with van der Waals surface area (Å²) in [7, 11) is 0. The average Bonchev–Trinajstić information content (AvgIpc) is 2.53. The number of hydrogen-bond acceptors (Lipinski definition) is 7. The van der Waals surface area contributed by atoms with Gasteiger partial charge in [-0.15, -0.1) is 0 Å². The van der Waals surface area contributed by atoms with Gasteiger partial charge in [0.1, 0.15) is 0 Å². The van der Waals surface area contributed by atoms with Gasteiger partial charge >= 0.3 is 0 Å². The molecule has 25 heavy (non-hydrogen) atoms. The molecule has 0 amide bonds. The van der Waals surface area contributed by atoms with Gasteiger partial charge in [0.05, 0.1) is 36.1 Å². The highest BCUT2D eigenvalue weighted by atomic mass is 32.1. The van der Waals surface area contributed by atoms with Gasteiger partial charge < -0.3 is 5.73 Å². The first-order valence-corrected chi connectivity index (χ1v) is 8.42. The molecule has 0 spiro atoms. The van der Waals surface area contributed by atoms with Crippen molar-refractivity contribution in [3.8, 4) is 0 Å². The number of nitro benzene ring substituents is 1. The predicted molar refractivity (Wildman–Crippen MR) is 96.7 cm³/mol. The summed E-state index contributed by atoms with van der Waals surface area (Å²) < 4.78 is 0. The molecule has 0 radical (unpaired) electrons. The molecule has 1 aromatic rings. The molecule has 0 unspecified atom stereocenters. The second kappa shape index (κ2) is 5.99. The number of benzene rings is 1. The van der Waals surface area contributed by atoms with E-state index < -0.39 is 4.92 Å². The molecule has 5 rings (SSSR count). The van der Waals surface area contributed by atoms with E-state index in [2.05, 4.69) is 25.2 Å². The molecule has 0 saturated carbocycles. The van der Waals surface area contributed by atoms with Gasteiger partial charge in [-0.25, -0.2) is 0 Å². The SMILES string of the molecule is NC(=S)NN=C(c1cccc([N+](=O)[O-])c1)C12CN3CN(CN(C3)C1)C2. The van der Waals surface area contributed by atoms with Crippen LogP contribution in [0.1, 0.15) is 5.56 Å². The van der Waals surface area contributed by atoms with Gasteiger partial charge in [-0.05, 0) is 12.2 Å². The van der Waals surface area contributed by atoms with Crippen molar-refractivity contribution in [2.45, 2.75) is 0 Å². The van der Waals surface area contributed by atoms with Crippen LogP contribution < -0.4 is 11.2 Å². The Morgan fingerprint density at radius 3 is 2.36 bits per heavy atom. The van der Waals surface area contributed by atoms with Gasteiger partial charge in [0, 0.05) is 37.3 Å². The maximum Gasteiger partial charge on any atom is 0.270 e. The number of nitrogens with two attached hydrogens (primary N) is 1. The van der Waals surface area contributed by atoms with Crippen molar-refractivity contribution in [1.29, 1.82) is 0 Å². The lowest BCUT2D eigenvalue weighted by atomic mass is 9.74. The molecule has 4 fully saturated rings. The molecule has 4 aliphatic rings. The number of rotatable bonds is 4. The minimum absolute atomic E-state index is 0.0474. The van der Waals surface area contributed by atoms with E-state index in [4.69, 9.17) is 18.0 Å². The fourth-order valence-corrected chi connectivity index (χ4v) is 4.35. The van der Waals surface area contributed by atoms with E-state index in [-0.39, 0.29) is 16.2 Å². The fourth-order valence-electron chi connectivity index (χ4n) is 4.31. The lowest BCUT2D eigenvalue weighted by Crippen LogP contribution is -2.74. The van der Waals surface area contributed by atoms with Gasteiger partial charge in [-0.3, -0.25) is 30.2 Å². The molecule has 0 aliphatic carbocycles. The molecule has 9 nitrogen and oxygen atoms in total. The highest BCUT2D eigenvalue weighted by Crippen LogP contribution is 2.38. The number of hydrogen-bond donors (Lipinski definition) is 2. The van der Waals surface area contributed by atoms with Gasteiger partial charge in [0.25, 0.3) is 5.69 Å². The molecule has 1 aromatic carbocycles. The zero-order valence-corrected chi connectivity index (χ0v) is 14.4. The summed E-state index contributed by atoms with van der Waals surface area (Å²) in [6.45, 7) is 5.43. The van der Waals surface area contributed by atoms with Crippen molar-refractivity contribution < 1.29 is 4.92 Å². The Balaban J connectivity index is 1.77. The van der Waals surface area contributed by atoms with Crippen LogP contribution in [0, 0.1) is 15.5 Å². The summed E-state index contributed by atoms with van der Waals surface area (Å²) in [6, 6.07) is 6.59. The van der Waals surface area contributed by atoms with Crippen molar-refractivity contribution in [1.82, 2.24) is 20.1 Å². The Morgan fingerprint density at radius 2 is 1.84 bits per heavy atom. The third-order valence-electron chi connectivity index (χ3n) is 4.89. The van der Waals surface area contributed by atoms with Crippen LogP contribution in [0.25, 0.3) is 0 Å². The van der Waals surface area contributed by atoms with Crippen molar-refractivity contribution in [2.24, 2.45) is 16.3 Å². The van der Waals surface area contributed by atoms with Crippen molar-refractivity contribution in [3.05, 3.63) is 39.9 Å². The third kappa shape index (κ3) is 2.97. The van der Waals surface area contributed by atoms with E-state index in [0.29, 0.717) is 0 Å². The van der Waals surface area contributed by atoms with Crippen molar-refractivity contribution in [2.75, 3.05) is 39.6 Å². The number of hydrazone groups is 1. The normalized spacial score (nSPS) is 33.3. The quantitative estimate of drug-likeness (QED) is 0.333. The van der Waals surface area contributed by atoms with Gasteiger partial charge in [0.15, 0.2) is 5.11 Å². The lowest BCUT2D eigenvalue weighted by Gasteiger charge is -2.60. The Hall–Kier alpha value is -2.14. The van der Waals surface area contributed by atoms with E-state index in [0.717, 1.165) is 50.9 Å². The van der Waals surface area contributed by atoms with Crippen LogP contribution in [0.15, 0.2) is 29.4 Å². The largest absolute Gasteiger partial charge is 0.375 e. The minimum Gasteiger partial charge on any atom is -0.375 e. The number of nitrogens with zero attached hydrogens (tertiary/aromatic N) is 5. The Labute approximate surface area is 150 Å². The molecule has 3 N–H and O–H groups in total. The maximum absolute atomic E-state index is 11.2. The first kappa shape index (κ1) is 16.3. The summed E-state index contributed by atoms with van der Waals surface area (Å²) in [5.41, 5.74) is 9.56. The fraction of sp³-hybridized carbons (Fsp3) is 0.467. The second-order valence-corrected chi connectivity index (χ2v) is 7.38. The molecule has 4 bridgehead atoms. The number of thiocarbonyl (C=S) groups is 1. The predicted octanol–water partition coefficient (Wildman–Crippen LogP) is -0.0622.